The maximum Gasteiger partial charge on any atom is 0.343 e. The molecule has 0 bridgehead atoms. The van der Waals surface area contributed by atoms with E-state index in [1.807, 2.05) is 72.8 Å². The van der Waals surface area contributed by atoms with Crippen molar-refractivity contribution in [3.63, 3.8) is 0 Å². The van der Waals surface area contributed by atoms with Gasteiger partial charge in [0.05, 0.1) is 28.4 Å². The number of carbonyl (C=O) groups is 1. The van der Waals surface area contributed by atoms with Gasteiger partial charge in [-0.2, -0.15) is 5.10 Å². The summed E-state index contributed by atoms with van der Waals surface area (Å²) in [4.78, 5) is 25.9. The average molecular weight is 485 g/mol. The molecule has 178 valence electrons. The van der Waals surface area contributed by atoms with Crippen LogP contribution in [0.25, 0.3) is 38.9 Å². The Morgan fingerprint density at radius 3 is 2.24 bits per heavy atom. The second kappa shape index (κ2) is 9.43. The van der Waals surface area contributed by atoms with Crippen LogP contribution in [0.2, 0.25) is 0 Å². The van der Waals surface area contributed by atoms with E-state index in [9.17, 15) is 9.59 Å². The number of rotatable bonds is 5. The van der Waals surface area contributed by atoms with E-state index in [4.69, 9.17) is 9.15 Å². The zero-order valence-corrected chi connectivity index (χ0v) is 19.6. The predicted molar refractivity (Wildman–Crippen MR) is 142 cm³/mol. The molecule has 2 aromatic heterocycles. The summed E-state index contributed by atoms with van der Waals surface area (Å²) >= 11 is 0. The molecule has 0 spiro atoms. The number of ether oxygens (including phenoxy) is 1. The number of para-hydroxylation sites is 1. The quantitative estimate of drug-likeness (QED) is 0.205. The number of esters is 1. The van der Waals surface area contributed by atoms with Crippen LogP contribution in [0.4, 0.5) is 0 Å². The molecule has 4 aromatic carbocycles. The summed E-state index contributed by atoms with van der Waals surface area (Å²) < 4.78 is 13.0. The van der Waals surface area contributed by atoms with Crippen molar-refractivity contribution in [3.05, 3.63) is 138 Å². The van der Waals surface area contributed by atoms with Crippen LogP contribution in [0.3, 0.4) is 0 Å². The number of nitrogens with zero attached hydrogens (tertiary/aromatic N) is 2. The van der Waals surface area contributed by atoms with Crippen molar-refractivity contribution >= 4 is 16.9 Å². The molecule has 0 fully saturated rings. The first-order valence-corrected chi connectivity index (χ1v) is 11.7. The Labute approximate surface area is 212 Å². The van der Waals surface area contributed by atoms with Gasteiger partial charge >= 0.3 is 5.97 Å². The third-order valence-electron chi connectivity index (χ3n) is 6.10. The molecule has 6 heteroatoms. The largest absolute Gasteiger partial charge is 0.463 e. The SMILES string of the molecule is O=C(Oc1ccc2c(=O)c(-c3cnn(-c4ccccc4)c3)coc2c1)c1ccc(-c2ccccc2)cc1. The van der Waals surface area contributed by atoms with E-state index in [-0.39, 0.29) is 11.2 Å². The van der Waals surface area contributed by atoms with Gasteiger partial charge in [0.2, 0.25) is 5.43 Å². The van der Waals surface area contributed by atoms with Gasteiger partial charge in [-0.25, -0.2) is 9.48 Å². The molecular weight excluding hydrogens is 464 g/mol. The molecule has 2 heterocycles. The molecule has 37 heavy (non-hydrogen) atoms. The van der Waals surface area contributed by atoms with Gasteiger partial charge in [0.15, 0.2) is 0 Å². The summed E-state index contributed by atoms with van der Waals surface area (Å²) in [6, 6.07) is 31.5. The van der Waals surface area contributed by atoms with Crippen molar-refractivity contribution in [2.45, 2.75) is 0 Å². The van der Waals surface area contributed by atoms with Gasteiger partial charge in [-0.1, -0.05) is 60.7 Å². The van der Waals surface area contributed by atoms with Crippen molar-refractivity contribution < 1.29 is 13.9 Å². The predicted octanol–water partition coefficient (Wildman–Crippen LogP) is 6.53. The molecule has 6 aromatic rings. The first-order valence-electron chi connectivity index (χ1n) is 11.7. The molecule has 0 aliphatic rings. The van der Waals surface area contributed by atoms with E-state index in [1.165, 1.54) is 6.26 Å². The Balaban J connectivity index is 1.23. The van der Waals surface area contributed by atoms with Crippen molar-refractivity contribution in [2.24, 2.45) is 0 Å². The molecule has 6 rings (SSSR count). The molecule has 0 aliphatic carbocycles. The molecule has 0 saturated heterocycles. The lowest BCUT2D eigenvalue weighted by molar-refractivity contribution is 0.0735. The van der Waals surface area contributed by atoms with Gasteiger partial charge in [-0.05, 0) is 47.5 Å². The van der Waals surface area contributed by atoms with Crippen LogP contribution in [0.1, 0.15) is 10.4 Å². The van der Waals surface area contributed by atoms with Crippen molar-refractivity contribution in [3.8, 4) is 33.7 Å². The van der Waals surface area contributed by atoms with E-state index < -0.39 is 5.97 Å². The van der Waals surface area contributed by atoms with Gasteiger partial charge < -0.3 is 9.15 Å². The maximum atomic E-state index is 13.2. The van der Waals surface area contributed by atoms with E-state index >= 15 is 0 Å². The molecule has 0 atom stereocenters. The summed E-state index contributed by atoms with van der Waals surface area (Å²) in [6.07, 6.45) is 4.82. The first-order chi connectivity index (χ1) is 18.2. The van der Waals surface area contributed by atoms with Crippen LogP contribution in [0, 0.1) is 0 Å². The lowest BCUT2D eigenvalue weighted by atomic mass is 10.0. The third kappa shape index (κ3) is 4.44. The van der Waals surface area contributed by atoms with Gasteiger partial charge in [-0.15, -0.1) is 0 Å². The van der Waals surface area contributed by atoms with E-state index in [0.717, 1.165) is 16.8 Å². The maximum absolute atomic E-state index is 13.2. The smallest absolute Gasteiger partial charge is 0.343 e. The Hall–Kier alpha value is -5.23. The fourth-order valence-electron chi connectivity index (χ4n) is 4.15. The number of aromatic nitrogens is 2. The van der Waals surface area contributed by atoms with E-state index in [0.29, 0.717) is 27.7 Å². The topological polar surface area (TPSA) is 74.3 Å². The number of hydrogen-bond donors (Lipinski definition) is 0. The molecule has 0 saturated carbocycles. The monoisotopic (exact) mass is 484 g/mol. The molecular formula is C31H20N2O4. The minimum Gasteiger partial charge on any atom is -0.463 e. The van der Waals surface area contributed by atoms with Crippen LogP contribution < -0.4 is 10.2 Å². The zero-order valence-electron chi connectivity index (χ0n) is 19.6. The molecule has 0 unspecified atom stereocenters. The highest BCUT2D eigenvalue weighted by Gasteiger charge is 2.14. The minimum absolute atomic E-state index is 0.191. The molecule has 6 nitrogen and oxygen atoms in total. The number of hydrogen-bond acceptors (Lipinski definition) is 5. The second-order valence-corrected chi connectivity index (χ2v) is 8.48. The number of carbonyl (C=O) groups excluding carboxylic acids is 1. The van der Waals surface area contributed by atoms with Gasteiger partial charge in [0, 0.05) is 17.8 Å². The first kappa shape index (κ1) is 22.2. The summed E-state index contributed by atoms with van der Waals surface area (Å²) in [5, 5.41) is 4.75. The molecule has 0 amide bonds. The van der Waals surface area contributed by atoms with Crippen LogP contribution in [0.15, 0.2) is 131 Å². The fourth-order valence-corrected chi connectivity index (χ4v) is 4.15. The standard InChI is InChI=1S/C31H20N2O4/c34-30-27-16-15-26(37-31(35)23-13-11-22(12-14-23)21-7-3-1-4-8-21)17-29(27)36-20-28(30)24-18-32-33(19-24)25-9-5-2-6-10-25/h1-20H. The van der Waals surface area contributed by atoms with E-state index in [1.54, 1.807) is 47.4 Å². The Bertz CT molecular complexity index is 1770. The Morgan fingerprint density at radius 1 is 0.784 bits per heavy atom. The third-order valence-corrected chi connectivity index (χ3v) is 6.10. The van der Waals surface area contributed by atoms with E-state index in [2.05, 4.69) is 5.10 Å². The highest BCUT2D eigenvalue weighted by molar-refractivity contribution is 5.92. The van der Waals surface area contributed by atoms with Crippen molar-refractivity contribution in [1.82, 2.24) is 9.78 Å². The normalized spacial score (nSPS) is 10.9. The lowest BCUT2D eigenvalue weighted by Crippen LogP contribution is -2.09. The Morgan fingerprint density at radius 2 is 1.49 bits per heavy atom. The van der Waals surface area contributed by atoms with Gasteiger partial charge in [0.25, 0.3) is 0 Å². The average Bonchev–Trinajstić information content (AvgIpc) is 3.44. The second-order valence-electron chi connectivity index (χ2n) is 8.48. The fraction of sp³-hybridized carbons (Fsp3) is 0. The van der Waals surface area contributed by atoms with Crippen LogP contribution >= 0.6 is 0 Å². The van der Waals surface area contributed by atoms with Crippen LogP contribution in [-0.2, 0) is 0 Å². The number of benzene rings is 4. The highest BCUT2D eigenvalue weighted by Crippen LogP contribution is 2.25. The van der Waals surface area contributed by atoms with Crippen LogP contribution in [-0.4, -0.2) is 15.7 Å². The Kier molecular flexibility index (Phi) is 5.67. The van der Waals surface area contributed by atoms with Crippen molar-refractivity contribution in [2.75, 3.05) is 0 Å². The van der Waals surface area contributed by atoms with Gasteiger partial charge in [-0.3, -0.25) is 4.79 Å². The summed E-state index contributed by atoms with van der Waals surface area (Å²) in [5.41, 5.74) is 4.57. The molecule has 0 N–H and O–H groups in total. The zero-order chi connectivity index (χ0) is 25.2. The summed E-state index contributed by atoms with van der Waals surface area (Å²) in [5.74, 6) is -0.205. The minimum atomic E-state index is -0.494. The molecule has 0 radical (unpaired) electrons. The summed E-state index contributed by atoms with van der Waals surface area (Å²) in [7, 11) is 0. The number of fused-ring (bicyclic) bond motifs is 1. The van der Waals surface area contributed by atoms with Crippen molar-refractivity contribution in [1.29, 1.82) is 0 Å². The summed E-state index contributed by atoms with van der Waals surface area (Å²) in [6.45, 7) is 0. The highest BCUT2D eigenvalue weighted by atomic mass is 16.5. The lowest BCUT2D eigenvalue weighted by Gasteiger charge is -2.07. The molecule has 0 aliphatic heterocycles. The van der Waals surface area contributed by atoms with Gasteiger partial charge in [0.1, 0.15) is 17.6 Å². The van der Waals surface area contributed by atoms with Crippen LogP contribution in [0.5, 0.6) is 5.75 Å².